The Labute approximate surface area is 165 Å². The highest BCUT2D eigenvalue weighted by Gasteiger charge is 2.55. The third kappa shape index (κ3) is 2.63. The van der Waals surface area contributed by atoms with Gasteiger partial charge in [0.25, 0.3) is 5.56 Å². The van der Waals surface area contributed by atoms with Gasteiger partial charge in [0.1, 0.15) is 11.3 Å². The van der Waals surface area contributed by atoms with Gasteiger partial charge in [-0.3, -0.25) is 13.9 Å². The summed E-state index contributed by atoms with van der Waals surface area (Å²) in [5.41, 5.74) is 0.751. The smallest absolute Gasteiger partial charge is 0.332 e. The Morgan fingerprint density at radius 2 is 1.68 bits per heavy atom. The van der Waals surface area contributed by atoms with Crippen LogP contribution in [0.3, 0.4) is 0 Å². The number of hydrogen-bond acceptors (Lipinski definition) is 3. The van der Waals surface area contributed by atoms with E-state index in [1.165, 1.54) is 30.3 Å². The fourth-order valence-corrected chi connectivity index (χ4v) is 6.54. The van der Waals surface area contributed by atoms with Crippen LogP contribution in [0.15, 0.2) is 9.59 Å². The summed E-state index contributed by atoms with van der Waals surface area (Å²) in [6, 6.07) is 0. The molecule has 4 aliphatic carbocycles. The minimum Gasteiger partial charge on any atom is -0.336 e. The van der Waals surface area contributed by atoms with Gasteiger partial charge in [0.2, 0.25) is 0 Å². The number of imidazole rings is 1. The molecule has 6 heteroatoms. The number of hydrogen-bond donors (Lipinski definition) is 1. The van der Waals surface area contributed by atoms with Crippen molar-refractivity contribution in [1.29, 1.82) is 0 Å². The summed E-state index contributed by atoms with van der Waals surface area (Å²) in [6.07, 6.45) is 9.09. The zero-order chi connectivity index (χ0) is 19.4. The fraction of sp³-hybridized carbons (Fsp3) is 0.773. The van der Waals surface area contributed by atoms with E-state index in [4.69, 9.17) is 4.98 Å². The van der Waals surface area contributed by atoms with Crippen LogP contribution in [0.1, 0.15) is 77.0 Å². The predicted octanol–water partition coefficient (Wildman–Crippen LogP) is 3.64. The maximum atomic E-state index is 13.1. The topological polar surface area (TPSA) is 72.7 Å². The zero-order valence-electron chi connectivity index (χ0n) is 17.1. The molecule has 5 unspecified atom stereocenters. The van der Waals surface area contributed by atoms with Gasteiger partial charge < -0.3 is 4.98 Å². The van der Waals surface area contributed by atoms with E-state index >= 15 is 0 Å². The van der Waals surface area contributed by atoms with Crippen molar-refractivity contribution in [1.82, 2.24) is 19.1 Å². The van der Waals surface area contributed by atoms with Crippen molar-refractivity contribution in [3.8, 4) is 0 Å². The van der Waals surface area contributed by atoms with E-state index in [2.05, 4.69) is 18.8 Å². The van der Waals surface area contributed by atoms with Gasteiger partial charge in [0.05, 0.1) is 0 Å². The molecule has 0 aliphatic heterocycles. The third-order valence-electron chi connectivity index (χ3n) is 7.72. The molecule has 6 rings (SSSR count). The Hall–Kier alpha value is -1.85. The van der Waals surface area contributed by atoms with Crippen LogP contribution in [0.4, 0.5) is 0 Å². The lowest BCUT2D eigenvalue weighted by atomic mass is 9.75. The largest absolute Gasteiger partial charge is 0.336 e. The quantitative estimate of drug-likeness (QED) is 0.792. The second-order valence-corrected chi connectivity index (χ2v) is 9.44. The Kier molecular flexibility index (Phi) is 4.48. The SMILES string of the molecule is CCCCn1c(=O)c2[nH]c(C3C4CC5CC(C4)C3C5)nc2n(CCCC)c1=O. The highest BCUT2D eigenvalue weighted by atomic mass is 16.2. The number of nitrogens with one attached hydrogen (secondary N) is 1. The van der Waals surface area contributed by atoms with E-state index in [0.29, 0.717) is 36.1 Å². The van der Waals surface area contributed by atoms with Gasteiger partial charge in [-0.05, 0) is 62.2 Å². The summed E-state index contributed by atoms with van der Waals surface area (Å²) in [5.74, 6) is 4.63. The monoisotopic (exact) mass is 384 g/mol. The van der Waals surface area contributed by atoms with E-state index in [1.807, 2.05) is 0 Å². The fourth-order valence-electron chi connectivity index (χ4n) is 6.54. The molecule has 4 bridgehead atoms. The van der Waals surface area contributed by atoms with Crippen LogP contribution in [0.5, 0.6) is 0 Å². The van der Waals surface area contributed by atoms with Crippen LogP contribution < -0.4 is 11.2 Å². The highest BCUT2D eigenvalue weighted by Crippen LogP contribution is 2.63. The minimum atomic E-state index is -0.189. The number of fused-ring (bicyclic) bond motifs is 1. The lowest BCUT2D eigenvalue weighted by Gasteiger charge is -2.30. The summed E-state index contributed by atoms with van der Waals surface area (Å²) < 4.78 is 3.18. The number of unbranched alkanes of at least 4 members (excludes halogenated alkanes) is 2. The summed E-state index contributed by atoms with van der Waals surface area (Å²) in [7, 11) is 0. The van der Waals surface area contributed by atoms with E-state index in [0.717, 1.165) is 49.3 Å². The number of aryl methyl sites for hydroxylation is 1. The van der Waals surface area contributed by atoms with Crippen molar-refractivity contribution < 1.29 is 0 Å². The molecule has 2 aromatic rings. The molecular weight excluding hydrogens is 352 g/mol. The number of aromatic amines is 1. The number of H-pyrrole nitrogens is 1. The molecular formula is C22H32N4O2. The molecule has 1 N–H and O–H groups in total. The van der Waals surface area contributed by atoms with Crippen LogP contribution in [0.25, 0.3) is 11.2 Å². The normalized spacial score (nSPS) is 30.7. The molecule has 0 spiro atoms. The zero-order valence-corrected chi connectivity index (χ0v) is 17.1. The van der Waals surface area contributed by atoms with Gasteiger partial charge in [-0.2, -0.15) is 0 Å². The van der Waals surface area contributed by atoms with Crippen LogP contribution in [0.2, 0.25) is 0 Å². The first-order valence-corrected chi connectivity index (χ1v) is 11.4. The van der Waals surface area contributed by atoms with E-state index in [9.17, 15) is 9.59 Å². The summed E-state index contributed by atoms with van der Waals surface area (Å²) >= 11 is 0. The van der Waals surface area contributed by atoms with Crippen molar-refractivity contribution in [2.24, 2.45) is 23.7 Å². The highest BCUT2D eigenvalue weighted by molar-refractivity contribution is 5.70. The molecule has 0 amide bonds. The summed E-state index contributed by atoms with van der Waals surface area (Å²) in [4.78, 5) is 34.5. The van der Waals surface area contributed by atoms with Gasteiger partial charge in [-0.15, -0.1) is 0 Å². The second kappa shape index (κ2) is 6.89. The van der Waals surface area contributed by atoms with Crippen LogP contribution in [0, 0.1) is 23.7 Å². The third-order valence-corrected chi connectivity index (χ3v) is 7.72. The van der Waals surface area contributed by atoms with Gasteiger partial charge >= 0.3 is 5.69 Å². The van der Waals surface area contributed by atoms with E-state index < -0.39 is 0 Å². The summed E-state index contributed by atoms with van der Waals surface area (Å²) in [6.45, 7) is 5.32. The van der Waals surface area contributed by atoms with Crippen molar-refractivity contribution in [3.05, 3.63) is 26.7 Å². The molecule has 28 heavy (non-hydrogen) atoms. The van der Waals surface area contributed by atoms with Crippen molar-refractivity contribution in [3.63, 3.8) is 0 Å². The maximum absolute atomic E-state index is 13.1. The molecule has 6 nitrogen and oxygen atoms in total. The lowest BCUT2D eigenvalue weighted by molar-refractivity contribution is 0.244. The number of rotatable bonds is 7. The Morgan fingerprint density at radius 1 is 0.964 bits per heavy atom. The average molecular weight is 385 g/mol. The van der Waals surface area contributed by atoms with Crippen molar-refractivity contribution >= 4 is 11.2 Å². The first-order chi connectivity index (χ1) is 13.6. The van der Waals surface area contributed by atoms with Gasteiger partial charge in [-0.1, -0.05) is 26.7 Å². The van der Waals surface area contributed by atoms with E-state index in [1.54, 1.807) is 4.57 Å². The van der Waals surface area contributed by atoms with Gasteiger partial charge in [0, 0.05) is 19.0 Å². The second-order valence-electron chi connectivity index (χ2n) is 9.44. The first-order valence-electron chi connectivity index (χ1n) is 11.4. The Morgan fingerprint density at radius 3 is 2.39 bits per heavy atom. The molecule has 2 aromatic heterocycles. The minimum absolute atomic E-state index is 0.188. The van der Waals surface area contributed by atoms with Crippen LogP contribution in [-0.4, -0.2) is 19.1 Å². The molecule has 0 radical (unpaired) electrons. The molecule has 4 aliphatic rings. The van der Waals surface area contributed by atoms with Gasteiger partial charge in [0.15, 0.2) is 5.65 Å². The standard InChI is InChI=1S/C22H32N4O2/c1-3-5-7-25-20-18(21(27)26(22(25)28)8-6-4-2)23-19(24-20)17-15-10-13-9-14(12-15)16(17)11-13/h13-17H,3-12H2,1-2H3,(H,23,24). The maximum Gasteiger partial charge on any atom is 0.332 e. The molecule has 0 saturated heterocycles. The van der Waals surface area contributed by atoms with Gasteiger partial charge in [-0.25, -0.2) is 9.78 Å². The molecule has 152 valence electrons. The first kappa shape index (κ1) is 18.2. The number of nitrogens with zero attached hydrogens (tertiary/aromatic N) is 3. The predicted molar refractivity (Wildman–Crippen MR) is 110 cm³/mol. The van der Waals surface area contributed by atoms with E-state index in [-0.39, 0.29) is 11.2 Å². The lowest BCUT2D eigenvalue weighted by Crippen LogP contribution is -2.40. The Balaban J connectivity index is 1.63. The Bertz CT molecular complexity index is 996. The molecule has 0 aromatic carbocycles. The molecule has 2 heterocycles. The summed E-state index contributed by atoms with van der Waals surface area (Å²) in [5, 5.41) is 0. The van der Waals surface area contributed by atoms with Crippen LogP contribution >= 0.6 is 0 Å². The van der Waals surface area contributed by atoms with Crippen molar-refractivity contribution in [2.45, 2.75) is 84.2 Å². The average Bonchev–Trinajstić information content (AvgIpc) is 3.30. The number of aromatic nitrogens is 4. The van der Waals surface area contributed by atoms with Crippen LogP contribution in [-0.2, 0) is 13.1 Å². The molecule has 5 atom stereocenters. The van der Waals surface area contributed by atoms with Crippen molar-refractivity contribution in [2.75, 3.05) is 0 Å². The molecule has 4 fully saturated rings. The molecule has 4 saturated carbocycles.